The highest BCUT2D eigenvalue weighted by Crippen LogP contribution is 2.40. The summed E-state index contributed by atoms with van der Waals surface area (Å²) in [4.78, 5) is 18.1. The predicted octanol–water partition coefficient (Wildman–Crippen LogP) is 4.47. The number of aromatic hydroxyl groups is 1. The molecule has 0 spiro atoms. The van der Waals surface area contributed by atoms with Crippen LogP contribution in [0.15, 0.2) is 67.0 Å². The van der Waals surface area contributed by atoms with E-state index in [1.54, 1.807) is 18.2 Å². The Balaban J connectivity index is 1.39. The van der Waals surface area contributed by atoms with Crippen molar-refractivity contribution in [3.05, 3.63) is 78.1 Å². The number of nitrogens with zero attached hydrogens (tertiary/aromatic N) is 3. The average molecular weight is 531 g/mol. The number of carbonyl (C=O) groups is 1. The van der Waals surface area contributed by atoms with Gasteiger partial charge in [-0.25, -0.2) is 4.57 Å². The molecule has 0 saturated carbocycles. The fraction of sp³-hybridized carbons (Fsp3) is 0.438. The Morgan fingerprint density at radius 1 is 1.21 bits per heavy atom. The van der Waals surface area contributed by atoms with Crippen LogP contribution < -0.4 is 18.9 Å². The van der Waals surface area contributed by atoms with Crippen molar-refractivity contribution in [3.8, 4) is 17.2 Å². The molecule has 2 aliphatic rings. The smallest absolute Gasteiger partial charge is 0.241 e. The maximum Gasteiger partial charge on any atom is 0.241 e. The summed E-state index contributed by atoms with van der Waals surface area (Å²) in [5.41, 5.74) is 3.47. The molecular weight excluding hydrogens is 490 g/mol. The molecule has 39 heavy (non-hydrogen) atoms. The summed E-state index contributed by atoms with van der Waals surface area (Å²) in [6.45, 7) is 7.30. The van der Waals surface area contributed by atoms with Gasteiger partial charge in [-0.05, 0) is 47.7 Å². The van der Waals surface area contributed by atoms with Gasteiger partial charge in [-0.1, -0.05) is 44.5 Å². The molecule has 5 rings (SSSR count). The molecular formula is C32H40N3O4+. The van der Waals surface area contributed by atoms with Crippen LogP contribution in [0.4, 0.5) is 5.69 Å². The number of pyridine rings is 1. The number of hydrogen-bond acceptors (Lipinski definition) is 5. The molecule has 0 unspecified atom stereocenters. The molecule has 1 fully saturated rings. The molecule has 1 saturated heterocycles. The number of aryl methyl sites for hydroxylation is 1. The third kappa shape index (κ3) is 6.04. The van der Waals surface area contributed by atoms with E-state index in [9.17, 15) is 9.90 Å². The van der Waals surface area contributed by atoms with Gasteiger partial charge in [-0.2, -0.15) is 0 Å². The topological polar surface area (TPSA) is 66.1 Å². The maximum absolute atomic E-state index is 13.9. The lowest BCUT2D eigenvalue weighted by molar-refractivity contribution is -0.670. The Hall–Kier alpha value is -3.58. The molecule has 2 aromatic carbocycles. The number of ether oxygens (including phenoxy) is 2. The first-order valence-corrected chi connectivity index (χ1v) is 14.1. The van der Waals surface area contributed by atoms with Crippen molar-refractivity contribution < 1.29 is 23.9 Å². The summed E-state index contributed by atoms with van der Waals surface area (Å²) in [7, 11) is 1.98. The molecule has 0 aliphatic carbocycles. The molecule has 1 N–H and O–H groups in total. The average Bonchev–Trinajstić information content (AvgIpc) is 3.52. The Kier molecular flexibility index (Phi) is 8.36. The first-order chi connectivity index (χ1) is 18.9. The van der Waals surface area contributed by atoms with Gasteiger partial charge in [-0.15, -0.1) is 0 Å². The van der Waals surface area contributed by atoms with E-state index < -0.39 is 0 Å². The second-order valence-electron chi connectivity index (χ2n) is 10.8. The fourth-order valence-electron chi connectivity index (χ4n) is 5.90. The number of para-hydroxylation sites is 2. The van der Waals surface area contributed by atoms with Gasteiger partial charge in [0.25, 0.3) is 0 Å². The molecule has 7 heteroatoms. The Labute approximate surface area is 231 Å². The molecule has 3 heterocycles. The normalized spacial score (nSPS) is 20.4. The largest absolute Gasteiger partial charge is 0.504 e. The van der Waals surface area contributed by atoms with Crippen molar-refractivity contribution in [2.45, 2.75) is 45.1 Å². The third-order valence-electron chi connectivity index (χ3n) is 8.17. The summed E-state index contributed by atoms with van der Waals surface area (Å²) in [6, 6.07) is 17.6. The summed E-state index contributed by atoms with van der Waals surface area (Å²) in [5, 5.41) is 10.3. The van der Waals surface area contributed by atoms with Gasteiger partial charge >= 0.3 is 0 Å². The molecule has 3 aromatic rings. The summed E-state index contributed by atoms with van der Waals surface area (Å²) >= 11 is 0. The van der Waals surface area contributed by atoms with Crippen LogP contribution in [0.1, 0.15) is 43.7 Å². The summed E-state index contributed by atoms with van der Waals surface area (Å²) in [6.07, 6.45) is 6.89. The standard InChI is InChI=1S/C32H39N3O4/c1-4-5-16-35(26-9-8-15-33(3)19-26)32(37)21-34-20-27(24-12-13-30-25(18-24)14-17-38-30)23(2)28(34)22-39-31-11-7-6-10-29(31)36/h6-13,15,18-19,23,27-28H,4-5,14,16-17,20-22H2,1-3H3/p+1/t23-,27+,28+/m1/s1. The number of rotatable bonds is 10. The Morgan fingerprint density at radius 2 is 2.05 bits per heavy atom. The highest BCUT2D eigenvalue weighted by molar-refractivity contribution is 5.94. The molecule has 2 aliphatic heterocycles. The predicted molar refractivity (Wildman–Crippen MR) is 151 cm³/mol. The monoisotopic (exact) mass is 530 g/mol. The lowest BCUT2D eigenvalue weighted by Gasteiger charge is -2.29. The van der Waals surface area contributed by atoms with Crippen LogP contribution in [-0.2, 0) is 18.3 Å². The van der Waals surface area contributed by atoms with E-state index in [2.05, 4.69) is 36.9 Å². The van der Waals surface area contributed by atoms with Gasteiger partial charge in [-0.3, -0.25) is 9.69 Å². The lowest BCUT2D eigenvalue weighted by atomic mass is 9.86. The second-order valence-corrected chi connectivity index (χ2v) is 10.8. The van der Waals surface area contributed by atoms with Crippen molar-refractivity contribution >= 4 is 11.6 Å². The van der Waals surface area contributed by atoms with Gasteiger partial charge in [0.15, 0.2) is 23.9 Å². The van der Waals surface area contributed by atoms with Crippen LogP contribution in [-0.4, -0.2) is 54.8 Å². The van der Waals surface area contributed by atoms with Crippen LogP contribution in [0, 0.1) is 5.92 Å². The van der Waals surface area contributed by atoms with Crippen LogP contribution in [0.25, 0.3) is 0 Å². The minimum absolute atomic E-state index is 0.0166. The van der Waals surface area contributed by atoms with Gasteiger partial charge in [0.05, 0.1) is 13.2 Å². The van der Waals surface area contributed by atoms with Crippen molar-refractivity contribution in [3.63, 3.8) is 0 Å². The van der Waals surface area contributed by atoms with Crippen LogP contribution >= 0.6 is 0 Å². The number of benzene rings is 2. The minimum Gasteiger partial charge on any atom is -0.504 e. The number of phenolic OH excluding ortho intramolecular Hbond substituents is 1. The van der Waals surface area contributed by atoms with Crippen LogP contribution in [0.2, 0.25) is 0 Å². The van der Waals surface area contributed by atoms with E-state index in [-0.39, 0.29) is 29.5 Å². The number of amides is 1. The number of carbonyl (C=O) groups excluding carboxylic acids is 1. The van der Waals surface area contributed by atoms with E-state index in [0.717, 1.165) is 43.9 Å². The van der Waals surface area contributed by atoms with Gasteiger partial charge in [0, 0.05) is 37.5 Å². The first kappa shape index (κ1) is 27.0. The Bertz CT molecular complexity index is 1300. The van der Waals surface area contributed by atoms with Gasteiger partial charge in [0.2, 0.25) is 5.91 Å². The van der Waals surface area contributed by atoms with Crippen LogP contribution in [0.3, 0.4) is 0 Å². The third-order valence-corrected chi connectivity index (χ3v) is 8.17. The number of likely N-dealkylation sites (tertiary alicyclic amines) is 1. The molecule has 3 atom stereocenters. The van der Waals surface area contributed by atoms with Crippen LogP contribution in [0.5, 0.6) is 17.2 Å². The number of phenols is 1. The van der Waals surface area contributed by atoms with E-state index in [4.69, 9.17) is 9.47 Å². The zero-order valence-electron chi connectivity index (χ0n) is 23.3. The number of hydrogen-bond donors (Lipinski definition) is 1. The highest BCUT2D eigenvalue weighted by atomic mass is 16.5. The zero-order valence-corrected chi connectivity index (χ0v) is 23.3. The van der Waals surface area contributed by atoms with Gasteiger partial charge in [0.1, 0.15) is 25.1 Å². The van der Waals surface area contributed by atoms with E-state index in [1.807, 2.05) is 47.1 Å². The summed E-state index contributed by atoms with van der Waals surface area (Å²) in [5.74, 6) is 2.19. The van der Waals surface area contributed by atoms with Crippen molar-refractivity contribution in [2.24, 2.45) is 13.0 Å². The number of aromatic nitrogens is 1. The number of anilines is 1. The fourth-order valence-corrected chi connectivity index (χ4v) is 5.90. The van der Waals surface area contributed by atoms with E-state index in [0.29, 0.717) is 25.4 Å². The Morgan fingerprint density at radius 3 is 2.85 bits per heavy atom. The van der Waals surface area contributed by atoms with E-state index in [1.165, 1.54) is 11.1 Å². The van der Waals surface area contributed by atoms with Gasteiger partial charge < -0.3 is 19.5 Å². The number of unbranched alkanes of at least 4 members (excludes halogenated alkanes) is 1. The molecule has 7 nitrogen and oxygen atoms in total. The first-order valence-electron chi connectivity index (χ1n) is 14.1. The maximum atomic E-state index is 13.9. The number of fused-ring (bicyclic) bond motifs is 1. The molecule has 0 radical (unpaired) electrons. The SMILES string of the molecule is CCCCN(C(=O)CN1C[C@H](c2ccc3c(c2)CCO3)[C@@H](C)[C@@H]1COc1ccccc1O)c1ccc[n+](C)c1. The molecule has 206 valence electrons. The molecule has 1 aromatic heterocycles. The summed E-state index contributed by atoms with van der Waals surface area (Å²) < 4.78 is 13.9. The lowest BCUT2D eigenvalue weighted by Crippen LogP contribution is -2.46. The minimum atomic E-state index is 0.0166. The zero-order chi connectivity index (χ0) is 27.4. The molecule has 1 amide bonds. The molecule has 0 bridgehead atoms. The second kappa shape index (κ2) is 12.1. The van der Waals surface area contributed by atoms with E-state index >= 15 is 0 Å². The van der Waals surface area contributed by atoms with Crippen molar-refractivity contribution in [2.75, 3.05) is 37.7 Å². The van der Waals surface area contributed by atoms with Crippen molar-refractivity contribution in [1.82, 2.24) is 4.90 Å². The highest BCUT2D eigenvalue weighted by Gasteiger charge is 2.41. The van der Waals surface area contributed by atoms with Crippen molar-refractivity contribution in [1.29, 1.82) is 0 Å². The quantitative estimate of drug-likeness (QED) is 0.392.